The number of rotatable bonds is 4. The first-order valence-corrected chi connectivity index (χ1v) is 8.03. The number of urea groups is 1. The molecule has 25 heavy (non-hydrogen) atoms. The van der Waals surface area contributed by atoms with Gasteiger partial charge in [-0.05, 0) is 30.3 Å². The summed E-state index contributed by atoms with van der Waals surface area (Å²) in [6.07, 6.45) is 0. The summed E-state index contributed by atoms with van der Waals surface area (Å²) in [5, 5.41) is 5.93. The lowest BCUT2D eigenvalue weighted by Gasteiger charge is -2.11. The predicted molar refractivity (Wildman–Crippen MR) is 100 cm³/mol. The highest BCUT2D eigenvalue weighted by molar-refractivity contribution is 6.31. The van der Waals surface area contributed by atoms with Crippen molar-refractivity contribution in [3.8, 4) is 0 Å². The predicted octanol–water partition coefficient (Wildman–Crippen LogP) is 5.22. The number of carbonyl (C=O) groups is 2. The van der Waals surface area contributed by atoms with E-state index in [2.05, 4.69) is 10.6 Å². The zero-order chi connectivity index (χ0) is 17.6. The maximum atomic E-state index is 12.7. The Bertz CT molecular complexity index is 910. The van der Waals surface area contributed by atoms with Crippen LogP contribution in [-0.4, -0.2) is 11.8 Å². The lowest BCUT2D eigenvalue weighted by atomic mass is 10.0. The van der Waals surface area contributed by atoms with Crippen molar-refractivity contribution in [1.29, 1.82) is 0 Å². The minimum absolute atomic E-state index is 0.153. The Labute approximate surface area is 150 Å². The first-order valence-electron chi connectivity index (χ1n) is 7.66. The lowest BCUT2D eigenvalue weighted by Crippen LogP contribution is -2.21. The van der Waals surface area contributed by atoms with Gasteiger partial charge in [-0.2, -0.15) is 0 Å². The number of amides is 2. The summed E-state index contributed by atoms with van der Waals surface area (Å²) in [7, 11) is 0. The van der Waals surface area contributed by atoms with E-state index in [1.54, 1.807) is 72.8 Å². The topological polar surface area (TPSA) is 58.2 Å². The highest BCUT2D eigenvalue weighted by Gasteiger charge is 2.14. The molecule has 0 saturated heterocycles. The van der Waals surface area contributed by atoms with Crippen LogP contribution in [-0.2, 0) is 0 Å². The molecule has 0 atom stereocenters. The quantitative estimate of drug-likeness (QED) is 0.634. The summed E-state index contributed by atoms with van der Waals surface area (Å²) >= 11 is 5.91. The van der Waals surface area contributed by atoms with Crippen molar-refractivity contribution in [2.24, 2.45) is 0 Å². The Morgan fingerprint density at radius 2 is 1.48 bits per heavy atom. The highest BCUT2D eigenvalue weighted by Crippen LogP contribution is 2.20. The Hall–Kier alpha value is -3.11. The smallest absolute Gasteiger partial charge is 0.308 e. The molecule has 0 bridgehead atoms. The van der Waals surface area contributed by atoms with Crippen molar-refractivity contribution in [2.45, 2.75) is 0 Å². The minimum atomic E-state index is -0.449. The van der Waals surface area contributed by atoms with E-state index in [4.69, 9.17) is 11.6 Å². The molecule has 2 N–H and O–H groups in total. The van der Waals surface area contributed by atoms with E-state index in [1.165, 1.54) is 0 Å². The van der Waals surface area contributed by atoms with Crippen LogP contribution in [0.4, 0.5) is 16.2 Å². The average Bonchev–Trinajstić information content (AvgIpc) is 2.62. The summed E-state index contributed by atoms with van der Waals surface area (Å²) < 4.78 is 0. The molecule has 0 aliphatic carbocycles. The van der Waals surface area contributed by atoms with Gasteiger partial charge >= 0.3 is 6.03 Å². The first-order chi connectivity index (χ1) is 12.1. The van der Waals surface area contributed by atoms with Crippen molar-refractivity contribution in [3.63, 3.8) is 0 Å². The molecule has 0 fully saturated rings. The fourth-order valence-electron chi connectivity index (χ4n) is 2.39. The van der Waals surface area contributed by atoms with Gasteiger partial charge < -0.3 is 10.6 Å². The van der Waals surface area contributed by atoms with Gasteiger partial charge in [-0.15, -0.1) is 0 Å². The van der Waals surface area contributed by atoms with Crippen LogP contribution in [0.2, 0.25) is 5.02 Å². The van der Waals surface area contributed by atoms with Crippen molar-refractivity contribution in [2.75, 3.05) is 10.6 Å². The molecular weight excluding hydrogens is 336 g/mol. The van der Waals surface area contributed by atoms with Crippen LogP contribution < -0.4 is 10.6 Å². The van der Waals surface area contributed by atoms with E-state index in [0.29, 0.717) is 27.5 Å². The molecule has 124 valence electrons. The molecule has 2 amide bonds. The molecule has 4 nitrogen and oxygen atoms in total. The number of ketones is 1. The van der Waals surface area contributed by atoms with Gasteiger partial charge in [0.2, 0.25) is 0 Å². The van der Waals surface area contributed by atoms with Crippen molar-refractivity contribution < 1.29 is 9.59 Å². The van der Waals surface area contributed by atoms with Gasteiger partial charge in [-0.25, -0.2) is 4.79 Å². The van der Waals surface area contributed by atoms with Crippen molar-refractivity contribution in [3.05, 3.63) is 95.0 Å². The molecule has 0 saturated carbocycles. The largest absolute Gasteiger partial charge is 0.323 e. The van der Waals surface area contributed by atoms with Gasteiger partial charge in [0.1, 0.15) is 0 Å². The third kappa shape index (κ3) is 4.25. The average molecular weight is 351 g/mol. The maximum absolute atomic E-state index is 12.7. The molecular formula is C20H15ClN2O2. The minimum Gasteiger partial charge on any atom is -0.308 e. The van der Waals surface area contributed by atoms with Gasteiger partial charge in [-0.1, -0.05) is 60.1 Å². The first kappa shape index (κ1) is 16.7. The third-order valence-electron chi connectivity index (χ3n) is 3.54. The second-order valence-electron chi connectivity index (χ2n) is 5.33. The van der Waals surface area contributed by atoms with Gasteiger partial charge in [0, 0.05) is 21.8 Å². The van der Waals surface area contributed by atoms with Crippen LogP contribution in [0.1, 0.15) is 15.9 Å². The Morgan fingerprint density at radius 1 is 0.760 bits per heavy atom. The van der Waals surface area contributed by atoms with Gasteiger partial charge in [-0.3, -0.25) is 4.79 Å². The van der Waals surface area contributed by atoms with Gasteiger partial charge in [0.15, 0.2) is 5.78 Å². The van der Waals surface area contributed by atoms with E-state index in [1.807, 2.05) is 6.07 Å². The number of halogens is 1. The summed E-state index contributed by atoms with van der Waals surface area (Å²) in [5.41, 5.74) is 2.00. The molecule has 5 heteroatoms. The summed E-state index contributed by atoms with van der Waals surface area (Å²) in [5.74, 6) is -0.153. The normalized spacial score (nSPS) is 10.1. The zero-order valence-corrected chi connectivity index (χ0v) is 14.0. The number of nitrogens with one attached hydrogen (secondary N) is 2. The third-order valence-corrected chi connectivity index (χ3v) is 3.77. The zero-order valence-electron chi connectivity index (χ0n) is 13.2. The van der Waals surface area contributed by atoms with Crippen LogP contribution in [0.25, 0.3) is 0 Å². The number of hydrogen-bond donors (Lipinski definition) is 2. The molecule has 0 radical (unpaired) electrons. The van der Waals surface area contributed by atoms with Gasteiger partial charge in [0.05, 0.1) is 5.69 Å². The van der Waals surface area contributed by atoms with Crippen LogP contribution in [0.15, 0.2) is 78.9 Å². The molecule has 3 aromatic carbocycles. The van der Waals surface area contributed by atoms with Crippen LogP contribution in [0.3, 0.4) is 0 Å². The summed E-state index contributed by atoms with van der Waals surface area (Å²) in [4.78, 5) is 24.9. The van der Waals surface area contributed by atoms with Crippen LogP contribution in [0.5, 0.6) is 0 Å². The molecule has 3 rings (SSSR count). The highest BCUT2D eigenvalue weighted by atomic mass is 35.5. The second-order valence-corrected chi connectivity index (χ2v) is 5.77. The number of anilines is 2. The number of hydrogen-bond acceptors (Lipinski definition) is 2. The molecule has 0 unspecified atom stereocenters. The monoisotopic (exact) mass is 350 g/mol. The van der Waals surface area contributed by atoms with Gasteiger partial charge in [0.25, 0.3) is 0 Å². The van der Waals surface area contributed by atoms with E-state index in [9.17, 15) is 9.59 Å². The summed E-state index contributed by atoms with van der Waals surface area (Å²) in [6, 6.07) is 22.2. The Balaban J connectivity index is 1.79. The molecule has 0 spiro atoms. The molecule has 0 heterocycles. The molecule has 3 aromatic rings. The number of carbonyl (C=O) groups excluding carboxylic acids is 2. The standard InChI is InChI=1S/C20H15ClN2O2/c21-15-9-6-10-16(13-15)22-20(25)23-18-12-5-4-11-17(18)19(24)14-7-2-1-3-8-14/h1-13H,(H2,22,23,25). The maximum Gasteiger partial charge on any atom is 0.323 e. The van der Waals surface area contributed by atoms with Crippen molar-refractivity contribution >= 4 is 34.8 Å². The van der Waals surface area contributed by atoms with E-state index < -0.39 is 6.03 Å². The fourth-order valence-corrected chi connectivity index (χ4v) is 2.58. The lowest BCUT2D eigenvalue weighted by molar-refractivity contribution is 0.103. The van der Waals surface area contributed by atoms with Crippen molar-refractivity contribution in [1.82, 2.24) is 0 Å². The van der Waals surface area contributed by atoms with E-state index in [-0.39, 0.29) is 5.78 Å². The second kappa shape index (κ2) is 7.64. The molecule has 0 aliphatic rings. The Kier molecular flexibility index (Phi) is 5.11. The number of para-hydroxylation sites is 1. The Morgan fingerprint density at radius 3 is 2.24 bits per heavy atom. The van der Waals surface area contributed by atoms with E-state index >= 15 is 0 Å². The van der Waals surface area contributed by atoms with E-state index in [0.717, 1.165) is 0 Å². The van der Waals surface area contributed by atoms with Crippen LogP contribution in [0, 0.1) is 0 Å². The summed E-state index contributed by atoms with van der Waals surface area (Å²) in [6.45, 7) is 0. The molecule has 0 aromatic heterocycles. The molecule has 0 aliphatic heterocycles. The van der Waals surface area contributed by atoms with Crippen LogP contribution >= 0.6 is 11.6 Å². The number of benzene rings is 3. The fraction of sp³-hybridized carbons (Fsp3) is 0. The SMILES string of the molecule is O=C(Nc1cccc(Cl)c1)Nc1ccccc1C(=O)c1ccccc1.